The molecule has 1 atom stereocenters. The fourth-order valence-electron chi connectivity index (χ4n) is 2.40. The molecular weight excluding hydrogens is 444 g/mol. The topological polar surface area (TPSA) is 88.0 Å². The quantitative estimate of drug-likeness (QED) is 0.180. The Balaban J connectivity index is 0.00000512. The summed E-state index contributed by atoms with van der Waals surface area (Å²) in [6, 6.07) is 16.3. The summed E-state index contributed by atoms with van der Waals surface area (Å²) in [7, 11) is -5.94. The van der Waals surface area contributed by atoms with Crippen LogP contribution in [0.15, 0.2) is 70.6 Å². The number of rotatable bonds is 9. The molecule has 0 aliphatic heterocycles. The van der Waals surface area contributed by atoms with Gasteiger partial charge >= 0.3 is 37.7 Å². The monoisotopic (exact) mass is 475 g/mol. The van der Waals surface area contributed by atoms with Crippen LogP contribution in [-0.4, -0.2) is 35.5 Å². The van der Waals surface area contributed by atoms with E-state index in [9.17, 15) is 13.5 Å². The van der Waals surface area contributed by atoms with Gasteiger partial charge in [-0.3, -0.25) is 13.4 Å². The number of ether oxygens (including phenoxy) is 1. The van der Waals surface area contributed by atoms with Crippen LogP contribution in [0, 0.1) is 5.75 Å². The Morgan fingerprint density at radius 1 is 1.03 bits per heavy atom. The summed E-state index contributed by atoms with van der Waals surface area (Å²) in [5, 5.41) is 12.3. The first-order chi connectivity index (χ1) is 14.4. The first-order valence-electron chi connectivity index (χ1n) is 10.1. The zero-order chi connectivity index (χ0) is 23.1. The van der Waals surface area contributed by atoms with Crippen LogP contribution < -0.4 is 42.8 Å². The van der Waals surface area contributed by atoms with Gasteiger partial charge in [-0.2, -0.15) is 5.75 Å². The zero-order valence-electron chi connectivity index (χ0n) is 20.7. The molecular formula is C23H31Li2NO5SSi. The van der Waals surface area contributed by atoms with Gasteiger partial charge in [0.1, 0.15) is 6.08 Å². The molecule has 0 aliphatic carbocycles. The van der Waals surface area contributed by atoms with Crippen LogP contribution in [0.4, 0.5) is 0 Å². The van der Waals surface area contributed by atoms with E-state index < -0.39 is 30.3 Å². The van der Waals surface area contributed by atoms with Gasteiger partial charge in [-0.05, 0) is 41.9 Å². The molecule has 0 heterocycles. The molecule has 2 aromatic rings. The van der Waals surface area contributed by atoms with Crippen LogP contribution in [0.25, 0.3) is 0 Å². The fourth-order valence-corrected chi connectivity index (χ4v) is 4.67. The van der Waals surface area contributed by atoms with Gasteiger partial charge in [0.25, 0.3) is 0 Å². The molecule has 0 fully saturated rings. The van der Waals surface area contributed by atoms with Crippen molar-refractivity contribution >= 4 is 24.2 Å². The predicted molar refractivity (Wildman–Crippen MR) is 124 cm³/mol. The van der Waals surface area contributed by atoms with Gasteiger partial charge in [0.05, 0.1) is 9.84 Å². The number of nitrogens with zero attached hydrogens (tertiary/aromatic N) is 1. The summed E-state index contributed by atoms with van der Waals surface area (Å²) < 4.78 is 37.0. The third-order valence-electron chi connectivity index (χ3n) is 5.31. The van der Waals surface area contributed by atoms with Crippen molar-refractivity contribution in [3.8, 4) is 0 Å². The van der Waals surface area contributed by atoms with E-state index >= 15 is 0 Å². The van der Waals surface area contributed by atoms with Gasteiger partial charge in [0.15, 0.2) is 8.32 Å². The molecule has 33 heavy (non-hydrogen) atoms. The summed E-state index contributed by atoms with van der Waals surface area (Å²) >= 11 is 0. The minimum absolute atomic E-state index is 0. The van der Waals surface area contributed by atoms with Crippen molar-refractivity contribution in [2.75, 3.05) is 6.61 Å². The minimum atomic E-state index is -3.77. The second-order valence-electron chi connectivity index (χ2n) is 8.80. The van der Waals surface area contributed by atoms with Crippen LogP contribution >= 0.6 is 0 Å². The van der Waals surface area contributed by atoms with Crippen LogP contribution in [0.2, 0.25) is 18.1 Å². The predicted octanol–water partition coefficient (Wildman–Crippen LogP) is -2.05. The van der Waals surface area contributed by atoms with Crippen LogP contribution in [0.1, 0.15) is 26.3 Å². The van der Waals surface area contributed by atoms with Crippen molar-refractivity contribution in [1.82, 2.24) is 0 Å². The van der Waals surface area contributed by atoms with Gasteiger partial charge in [0.2, 0.25) is 0 Å². The number of hydrogen-bond acceptors (Lipinski definition) is 6. The number of benzene rings is 2. The van der Waals surface area contributed by atoms with Crippen LogP contribution in [-0.2, 0) is 25.6 Å². The number of hydrogen-bond donors (Lipinski definition) is 0. The molecule has 0 spiro atoms. The van der Waals surface area contributed by atoms with E-state index in [2.05, 4.69) is 38.9 Å². The summed E-state index contributed by atoms with van der Waals surface area (Å²) in [6.07, 6.45) is -0.827. The third-order valence-corrected chi connectivity index (χ3v) is 11.4. The van der Waals surface area contributed by atoms with E-state index in [4.69, 9.17) is 9.16 Å². The summed E-state index contributed by atoms with van der Waals surface area (Å²) in [4.78, 5) is 4.13. The van der Waals surface area contributed by atoms with Crippen LogP contribution in [0.3, 0.4) is 0 Å². The van der Waals surface area contributed by atoms with Crippen molar-refractivity contribution in [3.05, 3.63) is 72.0 Å². The Hall–Kier alpha value is -0.968. The zero-order valence-corrected chi connectivity index (χ0v) is 22.6. The largest absolute Gasteiger partial charge is 1.00 e. The second-order valence-corrected chi connectivity index (χ2v) is 15.4. The van der Waals surface area contributed by atoms with E-state index in [0.717, 1.165) is 11.3 Å². The molecule has 10 heteroatoms. The third kappa shape index (κ3) is 10.4. The number of sulfone groups is 1. The Bertz CT molecular complexity index is 965. The molecule has 0 bridgehead atoms. The van der Waals surface area contributed by atoms with Crippen molar-refractivity contribution in [1.29, 1.82) is 0 Å². The van der Waals surface area contributed by atoms with E-state index in [1.54, 1.807) is 18.2 Å². The van der Waals surface area contributed by atoms with Crippen molar-refractivity contribution < 1.29 is 60.4 Å². The maximum absolute atomic E-state index is 12.8. The Kier molecular flexibility index (Phi) is 13.4. The summed E-state index contributed by atoms with van der Waals surface area (Å²) in [5.41, 5.74) is 0.820. The molecule has 6 nitrogen and oxygen atoms in total. The molecule has 0 aliphatic rings. The van der Waals surface area contributed by atoms with Crippen molar-refractivity contribution in [2.45, 2.75) is 56.4 Å². The molecule has 2 aromatic carbocycles. The Labute approximate surface area is 223 Å². The average molecular weight is 476 g/mol. The SMILES string of the molecule is CC(C)(C)[Si](C)(C)OC[C@H]([CH-]S(=O)(=O)c1ccccc1)N=C([O-])OCc1ccccc1.[Li+].[Li+]. The molecule has 0 amide bonds. The standard InChI is InChI=1S/C23H32NO5SSi.2Li/c1-23(2,3)31(4,5)29-17-20(18-30(26,27)21-14-10-7-11-15-21)24-22(25)28-16-19-12-8-6-9-13-19;;/h6-15,18,20H,16-17H2,1-5H3,(H,24,25);;/q-1;2*+1/p-1/t20-;;/m1../s1. The van der Waals surface area contributed by atoms with E-state index in [1.807, 2.05) is 30.3 Å². The molecule has 0 radical (unpaired) electrons. The summed E-state index contributed by atoms with van der Waals surface area (Å²) in [6.45, 7) is 10.4. The van der Waals surface area contributed by atoms with Crippen molar-refractivity contribution in [2.24, 2.45) is 4.99 Å². The summed E-state index contributed by atoms with van der Waals surface area (Å²) in [5.74, 6) is 1.07. The van der Waals surface area contributed by atoms with Gasteiger partial charge in [0, 0.05) is 18.1 Å². The maximum atomic E-state index is 12.8. The first-order valence-corrected chi connectivity index (χ1v) is 14.6. The molecule has 0 saturated carbocycles. The normalized spacial score (nSPS) is 13.4. The Morgan fingerprint density at radius 3 is 2.06 bits per heavy atom. The molecule has 0 saturated heterocycles. The maximum Gasteiger partial charge on any atom is 1.00 e. The second kappa shape index (κ2) is 13.8. The van der Waals surface area contributed by atoms with Crippen LogP contribution in [0.5, 0.6) is 0 Å². The number of aliphatic imine (C=N–C) groups is 1. The van der Waals surface area contributed by atoms with Gasteiger partial charge in [-0.25, -0.2) is 0 Å². The molecule has 0 aromatic heterocycles. The van der Waals surface area contributed by atoms with E-state index in [1.165, 1.54) is 12.1 Å². The van der Waals surface area contributed by atoms with Gasteiger partial charge in [-0.1, -0.05) is 69.3 Å². The smallest absolute Gasteiger partial charge is 0.596 e. The van der Waals surface area contributed by atoms with Crippen molar-refractivity contribution in [3.63, 3.8) is 0 Å². The van der Waals surface area contributed by atoms with Gasteiger partial charge < -0.3 is 14.3 Å². The molecule has 2 rings (SSSR count). The fraction of sp³-hybridized carbons (Fsp3) is 0.391. The first kappa shape index (κ1) is 32.0. The Morgan fingerprint density at radius 2 is 1.55 bits per heavy atom. The molecule has 170 valence electrons. The average Bonchev–Trinajstić information content (AvgIpc) is 2.71. The molecule has 0 unspecified atom stereocenters. The molecule has 0 N–H and O–H groups in total. The van der Waals surface area contributed by atoms with E-state index in [-0.39, 0.29) is 60.9 Å². The minimum Gasteiger partial charge on any atom is -0.596 e. The van der Waals surface area contributed by atoms with E-state index in [0.29, 0.717) is 0 Å². The van der Waals surface area contributed by atoms with Gasteiger partial charge in [-0.15, -0.1) is 0 Å².